The molecule has 3 N–H and O–H groups in total. The lowest BCUT2D eigenvalue weighted by atomic mass is 9.32. The van der Waals surface area contributed by atoms with Crippen molar-refractivity contribution in [3.05, 3.63) is 35.5 Å². The van der Waals surface area contributed by atoms with Crippen LogP contribution in [0.4, 0.5) is 0 Å². The van der Waals surface area contributed by atoms with Gasteiger partial charge in [-0.05, 0) is 213 Å². The zero-order valence-corrected chi connectivity index (χ0v) is 42.1. The molecule has 18 atom stereocenters. The van der Waals surface area contributed by atoms with Crippen molar-refractivity contribution in [1.29, 1.82) is 0 Å². The van der Waals surface area contributed by atoms with Crippen molar-refractivity contribution in [2.24, 2.45) is 91.2 Å². The summed E-state index contributed by atoms with van der Waals surface area (Å²) in [6.45, 7) is 34.6. The number of ether oxygens (including phenoxy) is 1. The van der Waals surface area contributed by atoms with Crippen LogP contribution in [0.1, 0.15) is 212 Å². The molecule has 350 valence electrons. The molecule has 4 heteroatoms. The van der Waals surface area contributed by atoms with Gasteiger partial charge in [0.1, 0.15) is 0 Å². The van der Waals surface area contributed by atoms with E-state index in [0.29, 0.717) is 81.8 Å². The fourth-order valence-electron chi connectivity index (χ4n) is 19.6. The summed E-state index contributed by atoms with van der Waals surface area (Å²) in [6.07, 6.45) is 28.1. The van der Waals surface area contributed by atoms with Gasteiger partial charge in [-0.2, -0.15) is 0 Å². The molecule has 0 amide bonds. The molecule has 10 rings (SSSR count). The second kappa shape index (κ2) is 15.0. The quantitative estimate of drug-likeness (QED) is 0.246. The Balaban J connectivity index is 0.000000158. The first-order chi connectivity index (χ1) is 28.8. The molecule has 62 heavy (non-hydrogen) atoms. The summed E-state index contributed by atoms with van der Waals surface area (Å²) in [5.41, 5.74) is 6.60. The number of aliphatic hydroxyl groups is 3. The van der Waals surface area contributed by atoms with Crippen molar-refractivity contribution in [3.8, 4) is 0 Å². The van der Waals surface area contributed by atoms with Crippen molar-refractivity contribution in [1.82, 2.24) is 0 Å². The van der Waals surface area contributed by atoms with Crippen molar-refractivity contribution in [2.45, 2.75) is 235 Å². The summed E-state index contributed by atoms with van der Waals surface area (Å²) in [5, 5.41) is 33.3. The Kier molecular flexibility index (Phi) is 11.2. The highest BCUT2D eigenvalue weighted by atomic mass is 16.6. The van der Waals surface area contributed by atoms with E-state index in [-0.39, 0.29) is 23.5 Å². The Morgan fingerprint density at radius 2 is 1.47 bits per heavy atom. The van der Waals surface area contributed by atoms with Crippen molar-refractivity contribution in [3.63, 3.8) is 0 Å². The van der Waals surface area contributed by atoms with E-state index in [1.807, 2.05) is 5.57 Å². The topological polar surface area (TPSA) is 69.9 Å². The van der Waals surface area contributed by atoms with Gasteiger partial charge in [0.25, 0.3) is 0 Å². The van der Waals surface area contributed by atoms with Crippen LogP contribution in [0.25, 0.3) is 0 Å². The predicted octanol–water partition coefficient (Wildman–Crippen LogP) is 14.2. The predicted molar refractivity (Wildman–Crippen MR) is 255 cm³/mol. The van der Waals surface area contributed by atoms with Crippen LogP contribution >= 0.6 is 0 Å². The lowest BCUT2D eigenvalue weighted by molar-refractivity contribution is -0.220. The van der Waals surface area contributed by atoms with Crippen LogP contribution in [0.3, 0.4) is 0 Å². The Morgan fingerprint density at radius 3 is 2.19 bits per heavy atom. The van der Waals surface area contributed by atoms with Gasteiger partial charge in [0, 0.05) is 12.3 Å². The Labute approximate surface area is 380 Å². The van der Waals surface area contributed by atoms with Crippen molar-refractivity contribution >= 4 is 0 Å². The maximum Gasteiger partial charge on any atom is 0.169 e. The number of aliphatic hydroxyl groups excluding tert-OH is 1. The number of hydrogen-bond acceptors (Lipinski definition) is 4. The molecular formula is C58H94O4. The minimum Gasteiger partial charge on any atom is -0.393 e. The summed E-state index contributed by atoms with van der Waals surface area (Å²) in [5.74, 6) is 4.35. The van der Waals surface area contributed by atoms with Crippen LogP contribution in [0, 0.1) is 91.2 Å². The van der Waals surface area contributed by atoms with Crippen LogP contribution in [0.2, 0.25) is 0 Å². The lowest BCUT2D eigenvalue weighted by Crippen LogP contribution is -2.65. The molecule has 0 spiro atoms. The van der Waals surface area contributed by atoms with Gasteiger partial charge >= 0.3 is 0 Å². The second-order valence-electron chi connectivity index (χ2n) is 27.4. The highest BCUT2D eigenvalue weighted by Crippen LogP contribution is 2.77. The van der Waals surface area contributed by atoms with Crippen molar-refractivity contribution < 1.29 is 20.1 Å². The largest absolute Gasteiger partial charge is 0.393 e. The van der Waals surface area contributed by atoms with Gasteiger partial charge in [-0.1, -0.05) is 113 Å². The molecule has 0 aromatic rings. The average Bonchev–Trinajstić information content (AvgIpc) is 3.64. The van der Waals surface area contributed by atoms with E-state index in [1.165, 1.54) is 69.8 Å². The molecule has 0 radical (unpaired) electrons. The van der Waals surface area contributed by atoms with Gasteiger partial charge in [-0.25, -0.2) is 0 Å². The molecule has 0 aromatic heterocycles. The van der Waals surface area contributed by atoms with Crippen LogP contribution in [-0.2, 0) is 4.74 Å². The average molecular weight is 855 g/mol. The molecule has 10 aliphatic rings. The van der Waals surface area contributed by atoms with Gasteiger partial charge < -0.3 is 20.1 Å². The van der Waals surface area contributed by atoms with Gasteiger partial charge in [0.15, 0.2) is 5.79 Å². The minimum absolute atomic E-state index is 0.122. The monoisotopic (exact) mass is 855 g/mol. The van der Waals surface area contributed by atoms with Gasteiger partial charge in [0.2, 0.25) is 0 Å². The molecule has 7 saturated carbocycles. The maximum absolute atomic E-state index is 11.7. The zero-order valence-electron chi connectivity index (χ0n) is 42.1. The fourth-order valence-corrected chi connectivity index (χ4v) is 19.6. The number of allylic oxidation sites excluding steroid dienone is 4. The zero-order chi connectivity index (χ0) is 44.8. The SMILES string of the molecule is C=C(CC)CCC1(O)OC2CC3C4CC=C5CC(O)CCC5(O)C4CCC3(C)C2C1C.CC1CCC2(C)C(CCC3(C)C2CCC2C4=CC(C)(C)CCC4(C)CCC23C)C1(C)C. The summed E-state index contributed by atoms with van der Waals surface area (Å²) in [4.78, 5) is 0. The van der Waals surface area contributed by atoms with Crippen molar-refractivity contribution in [2.75, 3.05) is 0 Å². The van der Waals surface area contributed by atoms with E-state index < -0.39 is 11.4 Å². The third-order valence-corrected chi connectivity index (χ3v) is 24.1. The Hall–Kier alpha value is -0.940. The standard InChI is InChI=1S/C31H52.C27H42O4/c1-21-12-14-29(7)24(27(21,4)5)13-15-31(9)25(29)11-10-22-23-20-26(2,3)16-17-28(23,6)18-19-30(22,31)8;1-5-16(2)8-13-27(30)17(3)24-23(31-27)15-22-20-7-6-18-14-19(28)9-12-26(18,29)21(20)10-11-25(22,24)4/h20-22,24-25H,10-19H2,1-9H3;6,17,19-24,28-30H,2,5,7-15H2,1,3-4H3. The molecule has 4 nitrogen and oxygen atoms in total. The molecule has 8 fully saturated rings. The second-order valence-corrected chi connectivity index (χ2v) is 27.4. The molecule has 18 unspecified atom stereocenters. The van der Waals surface area contributed by atoms with E-state index in [1.54, 1.807) is 0 Å². The van der Waals surface area contributed by atoms with Crippen LogP contribution < -0.4 is 0 Å². The number of fused-ring (bicyclic) bond motifs is 14. The van der Waals surface area contributed by atoms with Gasteiger partial charge in [-0.15, -0.1) is 0 Å². The van der Waals surface area contributed by atoms with Gasteiger partial charge in [-0.3, -0.25) is 0 Å². The summed E-state index contributed by atoms with van der Waals surface area (Å²) in [7, 11) is 0. The lowest BCUT2D eigenvalue weighted by Gasteiger charge is -2.72. The normalized spacial score (nSPS) is 54.2. The summed E-state index contributed by atoms with van der Waals surface area (Å²) >= 11 is 0. The first-order valence-electron chi connectivity index (χ1n) is 26.7. The fraction of sp³-hybridized carbons (Fsp3) is 0.897. The van der Waals surface area contributed by atoms with Gasteiger partial charge in [0.05, 0.1) is 17.8 Å². The molecule has 1 saturated heterocycles. The third-order valence-electron chi connectivity index (χ3n) is 24.1. The van der Waals surface area contributed by atoms with E-state index in [9.17, 15) is 15.3 Å². The van der Waals surface area contributed by atoms with E-state index in [0.717, 1.165) is 67.8 Å². The van der Waals surface area contributed by atoms with Crippen LogP contribution in [0.15, 0.2) is 35.5 Å². The summed E-state index contributed by atoms with van der Waals surface area (Å²) in [6, 6.07) is 0. The highest BCUT2D eigenvalue weighted by molar-refractivity contribution is 5.32. The third kappa shape index (κ3) is 6.57. The van der Waals surface area contributed by atoms with E-state index in [2.05, 4.69) is 102 Å². The maximum atomic E-state index is 11.7. The highest BCUT2D eigenvalue weighted by Gasteiger charge is 2.70. The Morgan fingerprint density at radius 1 is 0.758 bits per heavy atom. The molecule has 9 aliphatic carbocycles. The summed E-state index contributed by atoms with van der Waals surface area (Å²) < 4.78 is 6.47. The minimum atomic E-state index is -1.03. The first-order valence-corrected chi connectivity index (χ1v) is 26.7. The van der Waals surface area contributed by atoms with Crippen LogP contribution in [-0.4, -0.2) is 38.9 Å². The van der Waals surface area contributed by atoms with Crippen LogP contribution in [0.5, 0.6) is 0 Å². The molecule has 1 heterocycles. The molecule has 1 aliphatic heterocycles. The molecule has 0 aromatic carbocycles. The first kappa shape index (κ1) is 46.2. The Bertz CT molecular complexity index is 1820. The number of rotatable bonds is 4. The van der Waals surface area contributed by atoms with E-state index in [4.69, 9.17) is 4.74 Å². The van der Waals surface area contributed by atoms with E-state index >= 15 is 0 Å². The molecular weight excluding hydrogens is 761 g/mol. The smallest absolute Gasteiger partial charge is 0.169 e. The number of hydrogen-bond donors (Lipinski definition) is 3. The molecule has 0 bridgehead atoms.